The maximum absolute atomic E-state index is 11.8. The first-order valence-corrected chi connectivity index (χ1v) is 7.18. The van der Waals surface area contributed by atoms with Crippen LogP contribution in [-0.4, -0.2) is 47.9 Å². The van der Waals surface area contributed by atoms with Crippen LogP contribution in [-0.2, 0) is 0 Å². The fourth-order valence-corrected chi connectivity index (χ4v) is 2.21. The zero-order valence-corrected chi connectivity index (χ0v) is 11.7. The van der Waals surface area contributed by atoms with Crippen LogP contribution in [0, 0.1) is 0 Å². The molecule has 0 aliphatic carbocycles. The highest BCUT2D eigenvalue weighted by atomic mass is 32.2. The number of amides is 1. The zero-order chi connectivity index (χ0) is 14.1. The molecule has 106 valence electrons. The van der Waals surface area contributed by atoms with Gasteiger partial charge in [0.15, 0.2) is 0 Å². The van der Waals surface area contributed by atoms with Crippen molar-refractivity contribution >= 4 is 17.7 Å². The lowest BCUT2D eigenvalue weighted by molar-refractivity contribution is 0.0953. The molecule has 0 atom stereocenters. The van der Waals surface area contributed by atoms with Crippen molar-refractivity contribution in [1.82, 2.24) is 5.32 Å². The predicted octanol–water partition coefficient (Wildman–Crippen LogP) is 1.25. The van der Waals surface area contributed by atoms with Crippen LogP contribution < -0.4 is 10.1 Å². The van der Waals surface area contributed by atoms with E-state index in [1.807, 2.05) is 0 Å². The number of benzene rings is 1. The van der Waals surface area contributed by atoms with Gasteiger partial charge >= 0.3 is 0 Å². The summed E-state index contributed by atoms with van der Waals surface area (Å²) in [5.41, 5.74) is 0.237. The van der Waals surface area contributed by atoms with Gasteiger partial charge in [0.05, 0.1) is 12.7 Å². The Kier molecular flexibility index (Phi) is 7.14. The third-order valence-electron chi connectivity index (χ3n) is 2.43. The van der Waals surface area contributed by atoms with Gasteiger partial charge in [-0.25, -0.2) is 0 Å². The Morgan fingerprint density at radius 3 is 2.84 bits per heavy atom. The van der Waals surface area contributed by atoms with Crippen molar-refractivity contribution in [3.8, 4) is 11.5 Å². The van der Waals surface area contributed by atoms with E-state index in [9.17, 15) is 9.90 Å². The van der Waals surface area contributed by atoms with Gasteiger partial charge in [0, 0.05) is 25.0 Å². The van der Waals surface area contributed by atoms with Gasteiger partial charge in [-0.1, -0.05) is 0 Å². The lowest BCUT2D eigenvalue weighted by atomic mass is 10.2. The van der Waals surface area contributed by atoms with Crippen LogP contribution in [0.1, 0.15) is 16.8 Å². The molecule has 1 rings (SSSR count). The number of carbonyl (C=O) groups excluding carboxylic acids is 1. The summed E-state index contributed by atoms with van der Waals surface area (Å²) in [5.74, 6) is 1.77. The largest absolute Gasteiger partial charge is 0.507 e. The maximum Gasteiger partial charge on any atom is 0.255 e. The molecule has 0 bridgehead atoms. The maximum atomic E-state index is 11.8. The number of ether oxygens (including phenoxy) is 1. The highest BCUT2D eigenvalue weighted by Crippen LogP contribution is 2.23. The smallest absolute Gasteiger partial charge is 0.255 e. The van der Waals surface area contributed by atoms with Gasteiger partial charge < -0.3 is 20.3 Å². The Morgan fingerprint density at radius 1 is 1.42 bits per heavy atom. The number of phenols is 1. The Morgan fingerprint density at radius 2 is 2.21 bits per heavy atom. The van der Waals surface area contributed by atoms with E-state index in [2.05, 4.69) is 5.32 Å². The Bertz CT molecular complexity index is 412. The van der Waals surface area contributed by atoms with E-state index in [0.717, 1.165) is 17.9 Å². The minimum Gasteiger partial charge on any atom is -0.507 e. The van der Waals surface area contributed by atoms with Crippen LogP contribution in [0.5, 0.6) is 11.5 Å². The van der Waals surface area contributed by atoms with Crippen molar-refractivity contribution in [2.45, 2.75) is 6.42 Å². The monoisotopic (exact) mass is 285 g/mol. The third-order valence-corrected chi connectivity index (χ3v) is 3.50. The molecule has 3 N–H and O–H groups in total. The van der Waals surface area contributed by atoms with Crippen molar-refractivity contribution in [3.05, 3.63) is 23.8 Å². The minimum atomic E-state index is -0.303. The number of thioether (sulfide) groups is 1. The summed E-state index contributed by atoms with van der Waals surface area (Å²) in [6, 6.07) is 4.57. The zero-order valence-electron chi connectivity index (χ0n) is 10.9. The molecular weight excluding hydrogens is 266 g/mol. The van der Waals surface area contributed by atoms with Crippen LogP contribution >= 0.6 is 11.8 Å². The number of aliphatic hydroxyl groups is 1. The summed E-state index contributed by atoms with van der Waals surface area (Å²) in [4.78, 5) is 11.8. The highest BCUT2D eigenvalue weighted by molar-refractivity contribution is 7.99. The van der Waals surface area contributed by atoms with Crippen LogP contribution in [0.15, 0.2) is 18.2 Å². The van der Waals surface area contributed by atoms with Crippen LogP contribution in [0.25, 0.3) is 0 Å². The molecule has 5 nitrogen and oxygen atoms in total. The van der Waals surface area contributed by atoms with Crippen molar-refractivity contribution in [3.63, 3.8) is 0 Å². The molecule has 0 fully saturated rings. The second-order valence-electron chi connectivity index (χ2n) is 3.83. The molecule has 1 aromatic carbocycles. The number of nitrogens with one attached hydrogen (secondary N) is 1. The first-order chi connectivity index (χ1) is 9.19. The molecule has 0 aliphatic heterocycles. The van der Waals surface area contributed by atoms with E-state index in [1.165, 1.54) is 19.2 Å². The minimum absolute atomic E-state index is 0.0928. The summed E-state index contributed by atoms with van der Waals surface area (Å²) in [6.45, 7) is 0.722. The van der Waals surface area contributed by atoms with Crippen molar-refractivity contribution in [2.24, 2.45) is 0 Å². The summed E-state index contributed by atoms with van der Waals surface area (Å²) in [6.07, 6.45) is 0.762. The van der Waals surface area contributed by atoms with Gasteiger partial charge in [0.1, 0.15) is 11.5 Å². The summed E-state index contributed by atoms with van der Waals surface area (Å²) < 4.78 is 4.95. The van der Waals surface area contributed by atoms with Gasteiger partial charge in [-0.2, -0.15) is 11.8 Å². The molecule has 0 aliphatic rings. The number of rotatable bonds is 8. The second kappa shape index (κ2) is 8.66. The molecule has 0 heterocycles. The van der Waals surface area contributed by atoms with E-state index in [0.29, 0.717) is 12.3 Å². The van der Waals surface area contributed by atoms with E-state index < -0.39 is 0 Å². The first kappa shape index (κ1) is 15.7. The number of phenolic OH excluding ortho intramolecular Hbond substituents is 1. The molecule has 1 aromatic rings. The van der Waals surface area contributed by atoms with Gasteiger partial charge in [0.2, 0.25) is 0 Å². The lowest BCUT2D eigenvalue weighted by Gasteiger charge is -2.08. The number of methoxy groups -OCH3 is 1. The van der Waals surface area contributed by atoms with Gasteiger partial charge in [-0.15, -0.1) is 0 Å². The highest BCUT2D eigenvalue weighted by Gasteiger charge is 2.11. The van der Waals surface area contributed by atoms with Crippen molar-refractivity contribution in [1.29, 1.82) is 0 Å². The molecule has 1 amide bonds. The van der Waals surface area contributed by atoms with Crippen molar-refractivity contribution < 1.29 is 19.7 Å². The van der Waals surface area contributed by atoms with Gasteiger partial charge in [-0.05, 0) is 24.3 Å². The van der Waals surface area contributed by atoms with Crippen LogP contribution in [0.4, 0.5) is 0 Å². The Labute approximate surface area is 117 Å². The van der Waals surface area contributed by atoms with Crippen molar-refractivity contribution in [2.75, 3.05) is 31.8 Å². The molecule has 0 saturated carbocycles. The summed E-state index contributed by atoms with van der Waals surface area (Å²) in [7, 11) is 1.50. The molecule has 19 heavy (non-hydrogen) atoms. The SMILES string of the molecule is COc1ccc(C(=O)NCCSCCCO)c(O)c1. The van der Waals surface area contributed by atoms with E-state index in [-0.39, 0.29) is 23.8 Å². The number of carbonyl (C=O) groups is 1. The van der Waals surface area contributed by atoms with E-state index in [4.69, 9.17) is 9.84 Å². The van der Waals surface area contributed by atoms with Gasteiger partial charge in [0.25, 0.3) is 5.91 Å². The third kappa shape index (κ3) is 5.40. The molecule has 0 radical (unpaired) electrons. The molecule has 0 saturated heterocycles. The molecule has 0 aromatic heterocycles. The molecule has 6 heteroatoms. The molecule has 0 unspecified atom stereocenters. The Balaban J connectivity index is 2.37. The van der Waals surface area contributed by atoms with Gasteiger partial charge in [-0.3, -0.25) is 4.79 Å². The summed E-state index contributed by atoms with van der Waals surface area (Å²) in [5, 5.41) is 21.0. The number of hydrogen-bond donors (Lipinski definition) is 3. The standard InChI is InChI=1S/C13H19NO4S/c1-18-10-3-4-11(12(16)9-10)13(17)14-5-8-19-7-2-6-15/h3-4,9,15-16H,2,5-8H2,1H3,(H,14,17). The number of aromatic hydroxyl groups is 1. The fourth-order valence-electron chi connectivity index (χ4n) is 1.43. The topological polar surface area (TPSA) is 78.8 Å². The quantitative estimate of drug-likeness (QED) is 0.626. The normalized spacial score (nSPS) is 10.2. The fraction of sp³-hybridized carbons (Fsp3) is 0.462. The second-order valence-corrected chi connectivity index (χ2v) is 5.05. The van der Waals surface area contributed by atoms with E-state index in [1.54, 1.807) is 17.8 Å². The van der Waals surface area contributed by atoms with E-state index >= 15 is 0 Å². The van der Waals surface area contributed by atoms with Crippen LogP contribution in [0.3, 0.4) is 0 Å². The summed E-state index contributed by atoms with van der Waals surface area (Å²) >= 11 is 1.67. The molecular formula is C13H19NO4S. The lowest BCUT2D eigenvalue weighted by Crippen LogP contribution is -2.25. The predicted molar refractivity (Wildman–Crippen MR) is 76.0 cm³/mol. The molecule has 0 spiro atoms. The van der Waals surface area contributed by atoms with Crippen LogP contribution in [0.2, 0.25) is 0 Å². The average Bonchev–Trinajstić information content (AvgIpc) is 2.42. The number of aliphatic hydroxyl groups excluding tert-OH is 1. The average molecular weight is 285 g/mol. The first-order valence-electron chi connectivity index (χ1n) is 6.03. The Hall–Kier alpha value is -1.40. The number of hydrogen-bond acceptors (Lipinski definition) is 5.